The lowest BCUT2D eigenvalue weighted by atomic mass is 10.2. The van der Waals surface area contributed by atoms with E-state index in [9.17, 15) is 0 Å². The maximum Gasteiger partial charge on any atom is 0.132 e. The first-order valence-corrected chi connectivity index (χ1v) is 8.17. The number of alkyl halides is 1. The van der Waals surface area contributed by atoms with Crippen LogP contribution in [-0.2, 0) is 0 Å². The maximum absolute atomic E-state index is 6.31. The molecule has 0 aliphatic rings. The summed E-state index contributed by atoms with van der Waals surface area (Å²) in [7, 11) is 0. The molecule has 1 atom stereocenters. The van der Waals surface area contributed by atoms with Crippen LogP contribution >= 0.6 is 43.5 Å². The Morgan fingerprint density at radius 3 is 2.60 bits per heavy atom. The molecule has 0 N–H and O–H groups in total. The van der Waals surface area contributed by atoms with Gasteiger partial charge in [0.25, 0.3) is 0 Å². The van der Waals surface area contributed by atoms with Crippen molar-refractivity contribution in [2.24, 2.45) is 0 Å². The van der Waals surface area contributed by atoms with Crippen LogP contribution in [0.25, 0.3) is 16.7 Å². The number of hydrogen-bond donors (Lipinski definition) is 0. The summed E-state index contributed by atoms with van der Waals surface area (Å²) in [6.45, 7) is 1.94. The third-order valence-electron chi connectivity index (χ3n) is 3.09. The first kappa shape index (κ1) is 14.1. The Kier molecular flexibility index (Phi) is 3.89. The monoisotopic (exact) mass is 412 g/mol. The third kappa shape index (κ3) is 2.41. The minimum atomic E-state index is -0.173. The van der Waals surface area contributed by atoms with Crippen LogP contribution in [0.2, 0.25) is 0 Å². The number of hydrogen-bond acceptors (Lipinski definition) is 1. The Bertz CT molecular complexity index is 781. The van der Waals surface area contributed by atoms with Crippen LogP contribution in [0.15, 0.2) is 51.4 Å². The number of fused-ring (bicyclic) bond motifs is 1. The zero-order valence-corrected chi connectivity index (χ0v) is 14.6. The van der Waals surface area contributed by atoms with Gasteiger partial charge in [-0.2, -0.15) is 0 Å². The summed E-state index contributed by atoms with van der Waals surface area (Å²) in [4.78, 5) is 4.67. The van der Waals surface area contributed by atoms with Crippen molar-refractivity contribution in [1.82, 2.24) is 9.55 Å². The van der Waals surface area contributed by atoms with Crippen molar-refractivity contribution >= 4 is 54.5 Å². The lowest BCUT2D eigenvalue weighted by Crippen LogP contribution is -2.02. The molecule has 2 aromatic carbocycles. The zero-order valence-electron chi connectivity index (χ0n) is 10.6. The number of benzene rings is 2. The fraction of sp³-hybridized carbons (Fsp3) is 0.133. The predicted molar refractivity (Wildman–Crippen MR) is 90.7 cm³/mol. The fourth-order valence-corrected chi connectivity index (χ4v) is 3.18. The second kappa shape index (κ2) is 5.51. The smallest absolute Gasteiger partial charge is 0.132 e. The molecule has 1 heterocycles. The second-order valence-electron chi connectivity index (χ2n) is 4.51. The van der Waals surface area contributed by atoms with Crippen LogP contribution in [0.3, 0.4) is 0 Å². The van der Waals surface area contributed by atoms with Crippen LogP contribution in [0.1, 0.15) is 18.1 Å². The lowest BCUT2D eigenvalue weighted by molar-refractivity contribution is 0.880. The molecule has 0 saturated carbocycles. The van der Waals surface area contributed by atoms with Gasteiger partial charge in [-0.25, -0.2) is 4.98 Å². The molecule has 3 aromatic rings. The van der Waals surface area contributed by atoms with Crippen LogP contribution in [0.5, 0.6) is 0 Å². The minimum Gasteiger partial charge on any atom is -0.294 e. The summed E-state index contributed by atoms with van der Waals surface area (Å²) in [6, 6.07) is 14.1. The Morgan fingerprint density at radius 1 is 1.15 bits per heavy atom. The molecule has 0 bridgehead atoms. The molecular formula is C15H11Br2ClN2. The molecule has 1 aromatic heterocycles. The number of para-hydroxylation sites is 1. The van der Waals surface area contributed by atoms with E-state index in [-0.39, 0.29) is 5.38 Å². The molecule has 0 amide bonds. The van der Waals surface area contributed by atoms with Gasteiger partial charge in [0.1, 0.15) is 5.82 Å². The number of nitrogens with zero attached hydrogens (tertiary/aromatic N) is 2. The highest BCUT2D eigenvalue weighted by atomic mass is 79.9. The topological polar surface area (TPSA) is 17.8 Å². The number of imidazole rings is 1. The van der Waals surface area contributed by atoms with Gasteiger partial charge in [0.05, 0.1) is 22.1 Å². The van der Waals surface area contributed by atoms with Crippen molar-refractivity contribution in [3.05, 3.63) is 57.2 Å². The molecular weight excluding hydrogens is 403 g/mol. The van der Waals surface area contributed by atoms with Crippen LogP contribution in [0.4, 0.5) is 0 Å². The SMILES string of the molecule is CC(Cl)c1nc2cc(Br)ccc2n1-c1ccccc1Br. The van der Waals surface area contributed by atoms with Crippen molar-refractivity contribution in [2.45, 2.75) is 12.3 Å². The largest absolute Gasteiger partial charge is 0.294 e. The highest BCUT2D eigenvalue weighted by Crippen LogP contribution is 2.32. The number of rotatable bonds is 2. The first-order valence-electron chi connectivity index (χ1n) is 6.15. The zero-order chi connectivity index (χ0) is 14.3. The summed E-state index contributed by atoms with van der Waals surface area (Å²) in [6.07, 6.45) is 0. The van der Waals surface area contributed by atoms with Crippen LogP contribution in [0, 0.1) is 0 Å². The van der Waals surface area contributed by atoms with Crippen molar-refractivity contribution in [1.29, 1.82) is 0 Å². The third-order valence-corrected chi connectivity index (χ3v) is 4.45. The quantitative estimate of drug-likeness (QED) is 0.481. The molecule has 5 heteroatoms. The van der Waals surface area contributed by atoms with Crippen molar-refractivity contribution in [2.75, 3.05) is 0 Å². The summed E-state index contributed by atoms with van der Waals surface area (Å²) in [5, 5.41) is -0.173. The van der Waals surface area contributed by atoms with Crippen molar-refractivity contribution < 1.29 is 0 Å². The first-order chi connectivity index (χ1) is 9.58. The Hall–Kier alpha value is -0.840. The summed E-state index contributed by atoms with van der Waals surface area (Å²) in [5.74, 6) is 0.840. The van der Waals surface area contributed by atoms with Gasteiger partial charge < -0.3 is 0 Å². The molecule has 20 heavy (non-hydrogen) atoms. The van der Waals surface area contributed by atoms with Crippen LogP contribution in [-0.4, -0.2) is 9.55 Å². The molecule has 0 spiro atoms. The van der Waals surface area contributed by atoms with E-state index in [1.54, 1.807) is 0 Å². The van der Waals surface area contributed by atoms with E-state index >= 15 is 0 Å². The Morgan fingerprint density at radius 2 is 1.90 bits per heavy atom. The molecule has 2 nitrogen and oxygen atoms in total. The second-order valence-corrected chi connectivity index (χ2v) is 6.93. The van der Waals surface area contributed by atoms with Gasteiger partial charge in [0.2, 0.25) is 0 Å². The molecule has 0 fully saturated rings. The summed E-state index contributed by atoms with van der Waals surface area (Å²) < 4.78 is 4.13. The Labute approximate surface area is 139 Å². The summed E-state index contributed by atoms with van der Waals surface area (Å²) >= 11 is 13.4. The molecule has 0 aliphatic heterocycles. The lowest BCUT2D eigenvalue weighted by Gasteiger charge is -2.12. The van der Waals surface area contributed by atoms with E-state index in [4.69, 9.17) is 11.6 Å². The van der Waals surface area contributed by atoms with E-state index in [1.165, 1.54) is 0 Å². The van der Waals surface area contributed by atoms with Gasteiger partial charge >= 0.3 is 0 Å². The van der Waals surface area contributed by atoms with Gasteiger partial charge in [-0.3, -0.25) is 4.57 Å². The molecule has 0 radical (unpaired) electrons. The van der Waals surface area contributed by atoms with Crippen molar-refractivity contribution in [3.63, 3.8) is 0 Å². The standard InChI is InChI=1S/C15H11Br2ClN2/c1-9(18)15-19-12-8-10(16)6-7-14(12)20(15)13-5-3-2-4-11(13)17/h2-9H,1H3. The van der Waals surface area contributed by atoms with Crippen LogP contribution < -0.4 is 0 Å². The summed E-state index contributed by atoms with van der Waals surface area (Å²) in [5.41, 5.74) is 3.01. The van der Waals surface area contributed by atoms with E-state index in [0.29, 0.717) is 0 Å². The van der Waals surface area contributed by atoms with E-state index in [1.807, 2.05) is 37.3 Å². The maximum atomic E-state index is 6.31. The highest BCUT2D eigenvalue weighted by Gasteiger charge is 2.17. The molecule has 1 unspecified atom stereocenters. The van der Waals surface area contributed by atoms with Gasteiger partial charge in [-0.1, -0.05) is 28.1 Å². The van der Waals surface area contributed by atoms with Gasteiger partial charge in [0, 0.05) is 8.95 Å². The average molecular weight is 415 g/mol. The number of aromatic nitrogens is 2. The minimum absolute atomic E-state index is 0.173. The van der Waals surface area contributed by atoms with Gasteiger partial charge in [0.15, 0.2) is 0 Å². The van der Waals surface area contributed by atoms with Gasteiger partial charge in [-0.15, -0.1) is 11.6 Å². The van der Waals surface area contributed by atoms with Gasteiger partial charge in [-0.05, 0) is 53.2 Å². The predicted octanol–water partition coefficient (Wildman–Crippen LogP) is 5.85. The molecule has 0 saturated heterocycles. The fourth-order valence-electron chi connectivity index (χ4n) is 2.23. The normalized spacial score (nSPS) is 12.8. The van der Waals surface area contributed by atoms with E-state index < -0.39 is 0 Å². The molecule has 0 aliphatic carbocycles. The average Bonchev–Trinajstić information content (AvgIpc) is 2.78. The molecule has 102 valence electrons. The Balaban J connectivity index is 2.38. The van der Waals surface area contributed by atoms with E-state index in [2.05, 4.69) is 53.5 Å². The number of halogens is 3. The van der Waals surface area contributed by atoms with Crippen molar-refractivity contribution in [3.8, 4) is 5.69 Å². The van der Waals surface area contributed by atoms with E-state index in [0.717, 1.165) is 31.5 Å². The highest BCUT2D eigenvalue weighted by molar-refractivity contribution is 9.10. The molecule has 3 rings (SSSR count).